The molecule has 0 aromatic rings. The SMILES string of the molecule is CO[C@]1(C)C[C@@H](O)C[C@@H](C(C)(C)C)O1. The maximum absolute atomic E-state index is 9.75. The molecule has 1 saturated heterocycles. The molecule has 0 aromatic heterocycles. The number of aliphatic hydroxyl groups excluding tert-OH is 1. The van der Waals surface area contributed by atoms with Gasteiger partial charge in [-0.25, -0.2) is 0 Å². The van der Waals surface area contributed by atoms with Crippen molar-refractivity contribution >= 4 is 0 Å². The van der Waals surface area contributed by atoms with Crippen molar-refractivity contribution in [1.82, 2.24) is 0 Å². The molecule has 1 N–H and O–H groups in total. The van der Waals surface area contributed by atoms with Crippen LogP contribution < -0.4 is 0 Å². The quantitative estimate of drug-likeness (QED) is 0.706. The van der Waals surface area contributed by atoms with Gasteiger partial charge < -0.3 is 14.6 Å². The molecule has 0 spiro atoms. The first-order valence-electron chi connectivity index (χ1n) is 5.18. The number of hydrogen-bond donors (Lipinski definition) is 1. The minimum atomic E-state index is -0.629. The summed E-state index contributed by atoms with van der Waals surface area (Å²) in [5, 5.41) is 9.75. The zero-order chi connectivity index (χ0) is 11.0. The van der Waals surface area contributed by atoms with Gasteiger partial charge in [0.1, 0.15) is 0 Å². The number of rotatable bonds is 1. The Morgan fingerprint density at radius 3 is 2.43 bits per heavy atom. The van der Waals surface area contributed by atoms with E-state index in [1.165, 1.54) is 0 Å². The van der Waals surface area contributed by atoms with E-state index >= 15 is 0 Å². The maximum Gasteiger partial charge on any atom is 0.167 e. The smallest absolute Gasteiger partial charge is 0.167 e. The molecule has 0 aliphatic carbocycles. The summed E-state index contributed by atoms with van der Waals surface area (Å²) in [6.45, 7) is 8.23. The molecule has 1 rings (SSSR count). The number of aliphatic hydroxyl groups is 1. The maximum atomic E-state index is 9.75. The van der Waals surface area contributed by atoms with Crippen LogP contribution >= 0.6 is 0 Å². The molecule has 3 heteroatoms. The lowest BCUT2D eigenvalue weighted by molar-refractivity contribution is -0.290. The van der Waals surface area contributed by atoms with E-state index in [2.05, 4.69) is 20.8 Å². The summed E-state index contributed by atoms with van der Waals surface area (Å²) in [5.74, 6) is -0.629. The minimum absolute atomic E-state index is 0.0428. The fourth-order valence-corrected chi connectivity index (χ4v) is 1.82. The highest BCUT2D eigenvalue weighted by Crippen LogP contribution is 2.37. The summed E-state index contributed by atoms with van der Waals surface area (Å²) >= 11 is 0. The van der Waals surface area contributed by atoms with Crippen LogP contribution in [0.15, 0.2) is 0 Å². The molecule has 14 heavy (non-hydrogen) atoms. The third-order valence-electron chi connectivity index (χ3n) is 2.88. The second kappa shape index (κ2) is 3.80. The predicted octanol–water partition coefficient (Wildman–Crippen LogP) is 1.94. The fraction of sp³-hybridized carbons (Fsp3) is 1.00. The van der Waals surface area contributed by atoms with Crippen LogP contribution in [-0.2, 0) is 9.47 Å². The van der Waals surface area contributed by atoms with Gasteiger partial charge in [-0.05, 0) is 12.3 Å². The molecule has 0 radical (unpaired) electrons. The molecule has 1 aliphatic rings. The summed E-state index contributed by atoms with van der Waals surface area (Å²) in [5.41, 5.74) is 0.0428. The van der Waals surface area contributed by atoms with Crippen LogP contribution in [0.3, 0.4) is 0 Å². The Bertz CT molecular complexity index is 197. The number of methoxy groups -OCH3 is 1. The summed E-state index contributed by atoms with van der Waals surface area (Å²) in [7, 11) is 1.62. The molecular formula is C11H22O3. The van der Waals surface area contributed by atoms with Crippen molar-refractivity contribution in [3.8, 4) is 0 Å². The van der Waals surface area contributed by atoms with Crippen molar-refractivity contribution in [3.05, 3.63) is 0 Å². The highest BCUT2D eigenvalue weighted by Gasteiger charge is 2.41. The number of hydrogen-bond acceptors (Lipinski definition) is 3. The molecule has 0 aromatic carbocycles. The highest BCUT2D eigenvalue weighted by atomic mass is 16.7. The number of ether oxygens (including phenoxy) is 2. The Kier molecular flexibility index (Phi) is 3.24. The fourth-order valence-electron chi connectivity index (χ4n) is 1.82. The van der Waals surface area contributed by atoms with Gasteiger partial charge in [0.25, 0.3) is 0 Å². The summed E-state index contributed by atoms with van der Waals surface area (Å²) < 4.78 is 11.2. The van der Waals surface area contributed by atoms with Crippen LogP contribution in [0.1, 0.15) is 40.5 Å². The van der Waals surface area contributed by atoms with Crippen molar-refractivity contribution in [2.45, 2.75) is 58.5 Å². The van der Waals surface area contributed by atoms with Crippen LogP contribution in [0, 0.1) is 5.41 Å². The van der Waals surface area contributed by atoms with E-state index in [1.807, 2.05) is 6.92 Å². The van der Waals surface area contributed by atoms with Gasteiger partial charge in [0.05, 0.1) is 12.2 Å². The zero-order valence-corrected chi connectivity index (χ0v) is 9.83. The van der Waals surface area contributed by atoms with Crippen LogP contribution in [-0.4, -0.2) is 30.2 Å². The van der Waals surface area contributed by atoms with Crippen LogP contribution in [0.5, 0.6) is 0 Å². The van der Waals surface area contributed by atoms with Gasteiger partial charge in [-0.15, -0.1) is 0 Å². The lowest BCUT2D eigenvalue weighted by atomic mass is 9.82. The highest BCUT2D eigenvalue weighted by molar-refractivity contribution is 4.86. The van der Waals surface area contributed by atoms with E-state index in [4.69, 9.17) is 9.47 Å². The van der Waals surface area contributed by atoms with Crippen LogP contribution in [0.4, 0.5) is 0 Å². The van der Waals surface area contributed by atoms with Crippen molar-refractivity contribution < 1.29 is 14.6 Å². The van der Waals surface area contributed by atoms with Crippen molar-refractivity contribution in [3.63, 3.8) is 0 Å². The molecule has 0 bridgehead atoms. The first-order chi connectivity index (χ1) is 6.27. The average Bonchev–Trinajstić information content (AvgIpc) is 2.01. The molecule has 84 valence electrons. The van der Waals surface area contributed by atoms with E-state index < -0.39 is 5.79 Å². The Labute approximate surface area is 86.4 Å². The molecule has 1 heterocycles. The molecule has 3 nitrogen and oxygen atoms in total. The standard InChI is InChI=1S/C11H22O3/c1-10(2,3)9-6-8(12)7-11(4,13-5)14-9/h8-9,12H,6-7H2,1-5H3/t8-,9-,11-/m0/s1. The van der Waals surface area contributed by atoms with Gasteiger partial charge in [0, 0.05) is 20.0 Å². The first-order valence-corrected chi connectivity index (χ1v) is 5.18. The minimum Gasteiger partial charge on any atom is -0.393 e. The van der Waals surface area contributed by atoms with Gasteiger partial charge in [-0.1, -0.05) is 20.8 Å². The lowest BCUT2D eigenvalue weighted by Gasteiger charge is -2.44. The van der Waals surface area contributed by atoms with Gasteiger partial charge in [-0.2, -0.15) is 0 Å². The van der Waals surface area contributed by atoms with E-state index in [0.717, 1.165) is 0 Å². The Morgan fingerprint density at radius 2 is 2.00 bits per heavy atom. The topological polar surface area (TPSA) is 38.7 Å². The van der Waals surface area contributed by atoms with Crippen molar-refractivity contribution in [1.29, 1.82) is 0 Å². The van der Waals surface area contributed by atoms with E-state index in [-0.39, 0.29) is 17.6 Å². The normalized spacial score (nSPS) is 39.9. The molecule has 0 unspecified atom stereocenters. The molecule has 1 aliphatic heterocycles. The third kappa shape index (κ3) is 2.69. The van der Waals surface area contributed by atoms with Gasteiger partial charge >= 0.3 is 0 Å². The van der Waals surface area contributed by atoms with Gasteiger partial charge in [-0.3, -0.25) is 0 Å². The van der Waals surface area contributed by atoms with Gasteiger partial charge in [0.15, 0.2) is 5.79 Å². The average molecular weight is 202 g/mol. The monoisotopic (exact) mass is 202 g/mol. The molecule has 1 fully saturated rings. The Balaban J connectivity index is 2.73. The largest absolute Gasteiger partial charge is 0.393 e. The Hall–Kier alpha value is -0.120. The Morgan fingerprint density at radius 1 is 1.43 bits per heavy atom. The van der Waals surface area contributed by atoms with E-state index in [1.54, 1.807) is 7.11 Å². The molecule has 0 saturated carbocycles. The molecule has 3 atom stereocenters. The summed E-state index contributed by atoms with van der Waals surface area (Å²) in [6.07, 6.45) is 0.979. The van der Waals surface area contributed by atoms with Crippen molar-refractivity contribution in [2.75, 3.05) is 7.11 Å². The van der Waals surface area contributed by atoms with Crippen LogP contribution in [0.2, 0.25) is 0 Å². The molecular weight excluding hydrogens is 180 g/mol. The predicted molar refractivity (Wildman–Crippen MR) is 55.0 cm³/mol. The molecule has 0 amide bonds. The van der Waals surface area contributed by atoms with Gasteiger partial charge in [0.2, 0.25) is 0 Å². The van der Waals surface area contributed by atoms with E-state index in [0.29, 0.717) is 12.8 Å². The second-order valence-corrected chi connectivity index (χ2v) is 5.40. The van der Waals surface area contributed by atoms with Crippen molar-refractivity contribution in [2.24, 2.45) is 5.41 Å². The summed E-state index contributed by atoms with van der Waals surface area (Å²) in [6, 6.07) is 0. The summed E-state index contributed by atoms with van der Waals surface area (Å²) in [4.78, 5) is 0. The van der Waals surface area contributed by atoms with Crippen LogP contribution in [0.25, 0.3) is 0 Å². The second-order valence-electron chi connectivity index (χ2n) is 5.40. The first kappa shape index (κ1) is 12.0. The lowest BCUT2D eigenvalue weighted by Crippen LogP contribution is -2.49. The zero-order valence-electron chi connectivity index (χ0n) is 9.83. The van der Waals surface area contributed by atoms with E-state index in [9.17, 15) is 5.11 Å². The third-order valence-corrected chi connectivity index (χ3v) is 2.88.